The summed E-state index contributed by atoms with van der Waals surface area (Å²) in [6.07, 6.45) is 0.941. The summed E-state index contributed by atoms with van der Waals surface area (Å²) in [5.41, 5.74) is 4.76. The van der Waals surface area contributed by atoms with Crippen molar-refractivity contribution in [2.45, 2.75) is 33.1 Å². The number of hydrogen-bond donors (Lipinski definition) is 0. The van der Waals surface area contributed by atoms with Crippen LogP contribution in [0.25, 0.3) is 0 Å². The molecule has 0 aliphatic heterocycles. The number of nitrogens with zero attached hydrogens (tertiary/aromatic N) is 1. The van der Waals surface area contributed by atoms with Gasteiger partial charge in [0, 0.05) is 5.71 Å². The molecule has 1 heteroatoms. The minimum Gasteiger partial charge on any atom is -0.253 e. The number of para-hydroxylation sites is 1. The highest BCUT2D eigenvalue weighted by Crippen LogP contribution is 2.27. The first-order chi connectivity index (χ1) is 9.22. The predicted molar refractivity (Wildman–Crippen MR) is 83.5 cm³/mol. The quantitative estimate of drug-likeness (QED) is 0.650. The molecule has 0 aromatic heterocycles. The van der Waals surface area contributed by atoms with Gasteiger partial charge >= 0.3 is 0 Å². The van der Waals surface area contributed by atoms with Crippen molar-refractivity contribution in [1.82, 2.24) is 0 Å². The Morgan fingerprint density at radius 3 is 2.21 bits per heavy atom. The Labute approximate surface area is 116 Å². The molecule has 0 aliphatic rings. The maximum absolute atomic E-state index is 4.89. The van der Waals surface area contributed by atoms with E-state index in [1.165, 1.54) is 11.1 Å². The van der Waals surface area contributed by atoms with Gasteiger partial charge in [0.1, 0.15) is 0 Å². The van der Waals surface area contributed by atoms with Gasteiger partial charge in [0.2, 0.25) is 0 Å². The summed E-state index contributed by atoms with van der Waals surface area (Å²) in [6.45, 7) is 6.58. The van der Waals surface area contributed by atoms with Gasteiger partial charge < -0.3 is 0 Å². The Hall–Kier alpha value is -1.89. The third kappa shape index (κ3) is 3.31. The summed E-state index contributed by atoms with van der Waals surface area (Å²) >= 11 is 0. The van der Waals surface area contributed by atoms with Gasteiger partial charge in [-0.05, 0) is 29.5 Å². The number of aliphatic imine (C=N–C) groups is 1. The Kier molecular flexibility index (Phi) is 4.51. The highest BCUT2D eigenvalue weighted by atomic mass is 14.8. The Morgan fingerprint density at radius 2 is 1.58 bits per heavy atom. The summed E-state index contributed by atoms with van der Waals surface area (Å²) in [7, 11) is 0. The average Bonchev–Trinajstić information content (AvgIpc) is 2.46. The van der Waals surface area contributed by atoms with Gasteiger partial charge in [-0.2, -0.15) is 0 Å². The van der Waals surface area contributed by atoms with Crippen LogP contribution < -0.4 is 0 Å². The van der Waals surface area contributed by atoms with Crippen molar-refractivity contribution >= 4 is 11.4 Å². The van der Waals surface area contributed by atoms with Gasteiger partial charge in [0.05, 0.1) is 5.69 Å². The van der Waals surface area contributed by atoms with Crippen LogP contribution in [-0.4, -0.2) is 5.71 Å². The predicted octanol–water partition coefficient (Wildman–Crippen LogP) is 5.34. The van der Waals surface area contributed by atoms with Gasteiger partial charge in [-0.3, -0.25) is 4.99 Å². The SMILES string of the molecule is CCC(=Nc1ccccc1C(C)C)c1ccccc1. The molecular weight excluding hydrogens is 230 g/mol. The van der Waals surface area contributed by atoms with Crippen molar-refractivity contribution < 1.29 is 0 Å². The van der Waals surface area contributed by atoms with Gasteiger partial charge in [-0.1, -0.05) is 69.3 Å². The highest BCUT2D eigenvalue weighted by Gasteiger charge is 2.06. The fourth-order valence-corrected chi connectivity index (χ4v) is 2.20. The van der Waals surface area contributed by atoms with Gasteiger partial charge in [0.25, 0.3) is 0 Å². The molecule has 2 rings (SSSR count). The number of benzene rings is 2. The Bertz CT molecular complexity index is 553. The third-order valence-corrected chi connectivity index (χ3v) is 3.26. The molecule has 0 fully saturated rings. The van der Waals surface area contributed by atoms with Gasteiger partial charge in [-0.15, -0.1) is 0 Å². The topological polar surface area (TPSA) is 12.4 Å². The largest absolute Gasteiger partial charge is 0.253 e. The fraction of sp³-hybridized carbons (Fsp3) is 0.278. The minimum atomic E-state index is 0.494. The molecule has 0 saturated carbocycles. The smallest absolute Gasteiger partial charge is 0.0667 e. The normalized spacial score (nSPS) is 11.9. The van der Waals surface area contributed by atoms with E-state index >= 15 is 0 Å². The van der Waals surface area contributed by atoms with E-state index in [1.807, 2.05) is 6.07 Å². The lowest BCUT2D eigenvalue weighted by molar-refractivity contribution is 0.867. The standard InChI is InChI=1S/C18H21N/c1-4-17(15-10-6-5-7-11-15)19-18-13-9-8-12-16(18)14(2)3/h5-14H,4H2,1-3H3. The van der Waals surface area contributed by atoms with E-state index in [2.05, 4.69) is 69.3 Å². The molecule has 0 amide bonds. The second kappa shape index (κ2) is 6.33. The van der Waals surface area contributed by atoms with E-state index in [0.717, 1.165) is 17.8 Å². The minimum absolute atomic E-state index is 0.494. The molecule has 2 aromatic carbocycles. The van der Waals surface area contributed by atoms with Crippen LogP contribution in [0.4, 0.5) is 5.69 Å². The van der Waals surface area contributed by atoms with E-state index in [1.54, 1.807) is 0 Å². The molecule has 0 bridgehead atoms. The molecule has 2 aromatic rings. The zero-order valence-electron chi connectivity index (χ0n) is 11.9. The molecule has 98 valence electrons. The second-order valence-corrected chi connectivity index (χ2v) is 4.99. The van der Waals surface area contributed by atoms with Crippen molar-refractivity contribution in [1.29, 1.82) is 0 Å². The second-order valence-electron chi connectivity index (χ2n) is 4.99. The van der Waals surface area contributed by atoms with Crippen molar-refractivity contribution in [2.75, 3.05) is 0 Å². The van der Waals surface area contributed by atoms with E-state index < -0.39 is 0 Å². The van der Waals surface area contributed by atoms with E-state index in [4.69, 9.17) is 4.99 Å². The summed E-state index contributed by atoms with van der Waals surface area (Å²) in [5, 5.41) is 0. The zero-order chi connectivity index (χ0) is 13.7. The first-order valence-electron chi connectivity index (χ1n) is 6.94. The molecule has 0 radical (unpaired) electrons. The molecule has 0 heterocycles. The Balaban J connectivity index is 2.44. The van der Waals surface area contributed by atoms with Crippen LogP contribution in [0.15, 0.2) is 59.6 Å². The monoisotopic (exact) mass is 251 g/mol. The first kappa shape index (κ1) is 13.5. The summed E-state index contributed by atoms with van der Waals surface area (Å²) in [5.74, 6) is 0.494. The molecule has 0 saturated heterocycles. The van der Waals surface area contributed by atoms with Crippen LogP contribution in [0.3, 0.4) is 0 Å². The fourth-order valence-electron chi connectivity index (χ4n) is 2.20. The first-order valence-corrected chi connectivity index (χ1v) is 6.94. The maximum atomic E-state index is 4.89. The molecule has 0 spiro atoms. The molecular formula is C18H21N. The lowest BCUT2D eigenvalue weighted by Gasteiger charge is -2.11. The maximum Gasteiger partial charge on any atom is 0.0667 e. The van der Waals surface area contributed by atoms with Crippen LogP contribution >= 0.6 is 0 Å². The number of rotatable bonds is 4. The van der Waals surface area contributed by atoms with Gasteiger partial charge in [-0.25, -0.2) is 0 Å². The average molecular weight is 251 g/mol. The van der Waals surface area contributed by atoms with Crippen molar-refractivity contribution in [3.8, 4) is 0 Å². The summed E-state index contributed by atoms with van der Waals surface area (Å²) in [4.78, 5) is 4.89. The highest BCUT2D eigenvalue weighted by molar-refractivity contribution is 6.02. The third-order valence-electron chi connectivity index (χ3n) is 3.26. The van der Waals surface area contributed by atoms with Crippen LogP contribution in [0.2, 0.25) is 0 Å². The lowest BCUT2D eigenvalue weighted by atomic mass is 10.0. The molecule has 0 N–H and O–H groups in total. The van der Waals surface area contributed by atoms with Crippen LogP contribution in [-0.2, 0) is 0 Å². The Morgan fingerprint density at radius 1 is 0.947 bits per heavy atom. The molecule has 0 aliphatic carbocycles. The van der Waals surface area contributed by atoms with Crippen LogP contribution in [0, 0.1) is 0 Å². The van der Waals surface area contributed by atoms with Crippen LogP contribution in [0.5, 0.6) is 0 Å². The van der Waals surface area contributed by atoms with E-state index in [9.17, 15) is 0 Å². The lowest BCUT2D eigenvalue weighted by Crippen LogP contribution is -1.99. The molecule has 19 heavy (non-hydrogen) atoms. The van der Waals surface area contributed by atoms with Crippen LogP contribution in [0.1, 0.15) is 44.2 Å². The summed E-state index contributed by atoms with van der Waals surface area (Å²) < 4.78 is 0. The summed E-state index contributed by atoms with van der Waals surface area (Å²) in [6, 6.07) is 18.8. The van der Waals surface area contributed by atoms with E-state index in [-0.39, 0.29) is 0 Å². The number of hydrogen-bond acceptors (Lipinski definition) is 1. The zero-order valence-corrected chi connectivity index (χ0v) is 11.9. The molecule has 1 nitrogen and oxygen atoms in total. The van der Waals surface area contributed by atoms with Gasteiger partial charge in [0.15, 0.2) is 0 Å². The molecule has 0 atom stereocenters. The van der Waals surface area contributed by atoms with E-state index in [0.29, 0.717) is 5.92 Å². The molecule has 0 unspecified atom stereocenters. The van der Waals surface area contributed by atoms with Crippen molar-refractivity contribution in [3.63, 3.8) is 0 Å². The van der Waals surface area contributed by atoms with Crippen molar-refractivity contribution in [2.24, 2.45) is 4.99 Å². The van der Waals surface area contributed by atoms with Crippen molar-refractivity contribution in [3.05, 3.63) is 65.7 Å².